The summed E-state index contributed by atoms with van der Waals surface area (Å²) in [6.07, 6.45) is 58.1. The predicted molar refractivity (Wildman–Crippen MR) is 256 cm³/mol. The van der Waals surface area contributed by atoms with E-state index in [9.17, 15) is 14.4 Å². The molecule has 0 aromatic carbocycles. The van der Waals surface area contributed by atoms with Crippen LogP contribution < -0.4 is 0 Å². The Kier molecular flexibility index (Phi) is 46.9. The molecule has 0 N–H and O–H groups in total. The average Bonchev–Trinajstić information content (AvgIpc) is 3.24. The van der Waals surface area contributed by atoms with Crippen molar-refractivity contribution in [3.63, 3.8) is 0 Å². The summed E-state index contributed by atoms with van der Waals surface area (Å²) in [5.41, 5.74) is 0. The van der Waals surface area contributed by atoms with Crippen LogP contribution in [0.25, 0.3) is 0 Å². The summed E-state index contributed by atoms with van der Waals surface area (Å²) in [6.45, 7) is 6.49. The van der Waals surface area contributed by atoms with Gasteiger partial charge in [-0.05, 0) is 64.2 Å². The van der Waals surface area contributed by atoms with Crippen molar-refractivity contribution in [2.45, 2.75) is 264 Å². The number of carbonyl (C=O) groups is 3. The molecule has 1 atom stereocenters. The molecule has 0 aliphatic rings. The van der Waals surface area contributed by atoms with Crippen LogP contribution in [0.5, 0.6) is 0 Å². The Bertz CT molecular complexity index is 1060. The second-order valence-electron chi connectivity index (χ2n) is 17.1. The first-order chi connectivity index (χ1) is 29.5. The van der Waals surface area contributed by atoms with E-state index in [1.54, 1.807) is 0 Å². The molecular weight excluding hydrogens is 745 g/mol. The molecule has 0 aliphatic heterocycles. The van der Waals surface area contributed by atoms with Gasteiger partial charge in [-0.1, -0.05) is 223 Å². The number of rotatable bonds is 46. The lowest BCUT2D eigenvalue weighted by Gasteiger charge is -2.18. The number of esters is 3. The van der Waals surface area contributed by atoms with Crippen molar-refractivity contribution in [2.24, 2.45) is 0 Å². The van der Waals surface area contributed by atoms with E-state index in [0.29, 0.717) is 19.3 Å². The third-order valence-corrected chi connectivity index (χ3v) is 11.1. The SMILES string of the molecule is CC\C=C/C=C\C=C/CCCCCCCC(=O)OCC(COC(=O)CCCCCCCCCCCCCCCCC)OC(=O)CCCCC/C=C\CCCCCCCCC. The van der Waals surface area contributed by atoms with Crippen LogP contribution in [-0.2, 0) is 28.6 Å². The van der Waals surface area contributed by atoms with Gasteiger partial charge in [0, 0.05) is 19.3 Å². The molecule has 0 aromatic rings. The lowest BCUT2D eigenvalue weighted by molar-refractivity contribution is -0.167. The maximum Gasteiger partial charge on any atom is 0.306 e. The Morgan fingerprint density at radius 2 is 0.667 bits per heavy atom. The zero-order valence-electron chi connectivity index (χ0n) is 39.7. The van der Waals surface area contributed by atoms with E-state index >= 15 is 0 Å². The van der Waals surface area contributed by atoms with E-state index in [0.717, 1.165) is 96.3 Å². The predicted octanol–water partition coefficient (Wildman–Crippen LogP) is 16.7. The van der Waals surface area contributed by atoms with Gasteiger partial charge in [0.15, 0.2) is 6.10 Å². The largest absolute Gasteiger partial charge is 0.462 e. The smallest absolute Gasteiger partial charge is 0.306 e. The summed E-state index contributed by atoms with van der Waals surface area (Å²) < 4.78 is 16.8. The summed E-state index contributed by atoms with van der Waals surface area (Å²) >= 11 is 0. The molecule has 6 heteroatoms. The van der Waals surface area contributed by atoms with E-state index < -0.39 is 6.10 Å². The van der Waals surface area contributed by atoms with Crippen LogP contribution in [-0.4, -0.2) is 37.2 Å². The van der Waals surface area contributed by atoms with Gasteiger partial charge in [0.05, 0.1) is 0 Å². The van der Waals surface area contributed by atoms with E-state index in [4.69, 9.17) is 14.2 Å². The highest BCUT2D eigenvalue weighted by Crippen LogP contribution is 2.15. The standard InChI is InChI=1S/C54H96O6/c1-4-7-10-13-16-19-22-25-27-30-32-35-38-41-44-47-53(56)59-50-51(49-58-52(55)46-43-40-37-34-31-28-24-21-18-15-12-9-6-3)60-54(57)48-45-42-39-36-33-29-26-23-20-17-14-11-8-5-2/h9,12,15,18,21,24,29,33,51H,4-8,10-11,13-14,16-17,19-20,22-23,25-28,30-32,34-50H2,1-3H3/b12-9-,18-15-,24-21-,33-29-. The molecule has 0 spiro atoms. The molecular formula is C54H96O6. The number of allylic oxidation sites excluding steroid dienone is 8. The highest BCUT2D eigenvalue weighted by atomic mass is 16.6. The number of hydrogen-bond donors (Lipinski definition) is 0. The average molecular weight is 841 g/mol. The maximum absolute atomic E-state index is 12.8. The minimum Gasteiger partial charge on any atom is -0.462 e. The number of hydrogen-bond acceptors (Lipinski definition) is 6. The molecule has 6 nitrogen and oxygen atoms in total. The Morgan fingerprint density at radius 1 is 0.350 bits per heavy atom. The first kappa shape index (κ1) is 57.4. The number of unbranched alkanes of at least 4 members (excludes halogenated alkanes) is 29. The zero-order valence-corrected chi connectivity index (χ0v) is 39.7. The monoisotopic (exact) mass is 841 g/mol. The van der Waals surface area contributed by atoms with Crippen molar-refractivity contribution in [2.75, 3.05) is 13.2 Å². The lowest BCUT2D eigenvalue weighted by Crippen LogP contribution is -2.30. The van der Waals surface area contributed by atoms with Gasteiger partial charge in [-0.15, -0.1) is 0 Å². The third kappa shape index (κ3) is 46.4. The van der Waals surface area contributed by atoms with Gasteiger partial charge in [0.25, 0.3) is 0 Å². The Hall–Kier alpha value is -2.63. The summed E-state index contributed by atoms with van der Waals surface area (Å²) in [4.78, 5) is 37.9. The maximum atomic E-state index is 12.8. The van der Waals surface area contributed by atoms with Gasteiger partial charge in [-0.2, -0.15) is 0 Å². The molecule has 0 fully saturated rings. The Labute approximate surface area is 371 Å². The second-order valence-corrected chi connectivity index (χ2v) is 17.1. The quantitative estimate of drug-likeness (QED) is 0.0200. The van der Waals surface area contributed by atoms with Gasteiger partial charge >= 0.3 is 17.9 Å². The number of carbonyl (C=O) groups excluding carboxylic acids is 3. The lowest BCUT2D eigenvalue weighted by atomic mass is 10.0. The van der Waals surface area contributed by atoms with Crippen LogP contribution in [0.4, 0.5) is 0 Å². The van der Waals surface area contributed by atoms with Crippen molar-refractivity contribution in [1.82, 2.24) is 0 Å². The second kappa shape index (κ2) is 49.0. The van der Waals surface area contributed by atoms with Crippen molar-refractivity contribution in [3.05, 3.63) is 48.6 Å². The first-order valence-electron chi connectivity index (χ1n) is 25.7. The minimum atomic E-state index is -0.786. The van der Waals surface area contributed by atoms with Crippen molar-refractivity contribution >= 4 is 17.9 Å². The first-order valence-corrected chi connectivity index (χ1v) is 25.7. The van der Waals surface area contributed by atoms with E-state index in [1.165, 1.54) is 122 Å². The molecule has 0 amide bonds. The fourth-order valence-corrected chi connectivity index (χ4v) is 7.26. The molecule has 348 valence electrons. The molecule has 60 heavy (non-hydrogen) atoms. The molecule has 1 unspecified atom stereocenters. The minimum absolute atomic E-state index is 0.0835. The van der Waals surface area contributed by atoms with Crippen LogP contribution in [0.2, 0.25) is 0 Å². The van der Waals surface area contributed by atoms with Crippen molar-refractivity contribution in [1.29, 1.82) is 0 Å². The van der Waals surface area contributed by atoms with Crippen LogP contribution in [0, 0.1) is 0 Å². The summed E-state index contributed by atoms with van der Waals surface area (Å²) in [5.74, 6) is -0.914. The molecule has 0 aliphatic carbocycles. The zero-order chi connectivity index (χ0) is 43.7. The van der Waals surface area contributed by atoms with E-state index in [1.807, 2.05) is 0 Å². The molecule has 0 aromatic heterocycles. The van der Waals surface area contributed by atoms with Gasteiger partial charge in [0.2, 0.25) is 0 Å². The van der Waals surface area contributed by atoms with Crippen LogP contribution in [0.3, 0.4) is 0 Å². The van der Waals surface area contributed by atoms with E-state index in [2.05, 4.69) is 69.4 Å². The van der Waals surface area contributed by atoms with Gasteiger partial charge < -0.3 is 14.2 Å². The fourth-order valence-electron chi connectivity index (χ4n) is 7.26. The molecule has 0 rings (SSSR count). The normalized spacial score (nSPS) is 12.4. The van der Waals surface area contributed by atoms with Crippen LogP contribution >= 0.6 is 0 Å². The van der Waals surface area contributed by atoms with Crippen LogP contribution in [0.1, 0.15) is 258 Å². The van der Waals surface area contributed by atoms with Crippen LogP contribution in [0.15, 0.2) is 48.6 Å². The summed E-state index contributed by atoms with van der Waals surface area (Å²) in [5, 5.41) is 0. The van der Waals surface area contributed by atoms with Gasteiger partial charge in [-0.3, -0.25) is 14.4 Å². The Balaban J connectivity index is 4.40. The molecule has 0 radical (unpaired) electrons. The topological polar surface area (TPSA) is 78.9 Å². The summed E-state index contributed by atoms with van der Waals surface area (Å²) in [6, 6.07) is 0. The highest BCUT2D eigenvalue weighted by Gasteiger charge is 2.19. The molecule has 0 heterocycles. The van der Waals surface area contributed by atoms with E-state index in [-0.39, 0.29) is 31.1 Å². The van der Waals surface area contributed by atoms with Crippen molar-refractivity contribution < 1.29 is 28.6 Å². The molecule has 0 saturated carbocycles. The number of ether oxygens (including phenoxy) is 3. The molecule has 0 saturated heterocycles. The van der Waals surface area contributed by atoms with Gasteiger partial charge in [-0.25, -0.2) is 0 Å². The van der Waals surface area contributed by atoms with Crippen molar-refractivity contribution in [3.8, 4) is 0 Å². The Morgan fingerprint density at radius 3 is 1.07 bits per heavy atom. The molecule has 0 bridgehead atoms. The van der Waals surface area contributed by atoms with Gasteiger partial charge in [0.1, 0.15) is 13.2 Å². The third-order valence-electron chi connectivity index (χ3n) is 11.1. The fraction of sp³-hybridized carbons (Fsp3) is 0.796. The summed E-state index contributed by atoms with van der Waals surface area (Å²) in [7, 11) is 0. The highest BCUT2D eigenvalue weighted by molar-refractivity contribution is 5.71.